The van der Waals surface area contributed by atoms with Crippen LogP contribution in [0.25, 0.3) is 0 Å². The number of hydrogen-bond donors (Lipinski definition) is 2. The molecule has 1 aliphatic heterocycles. The molecule has 202 valence electrons. The topological polar surface area (TPSA) is 112 Å². The lowest BCUT2D eigenvalue weighted by Crippen LogP contribution is -2.31. The quantitative estimate of drug-likeness (QED) is 0.290. The molecule has 1 unspecified atom stereocenters. The average Bonchev–Trinajstić information content (AvgIpc) is 3.38. The molecule has 0 saturated heterocycles. The molecular weight excluding hydrogens is 484 g/mol. The van der Waals surface area contributed by atoms with Crippen molar-refractivity contribution in [2.45, 2.75) is 59.4 Å². The van der Waals surface area contributed by atoms with Crippen LogP contribution in [-0.4, -0.2) is 45.9 Å². The third kappa shape index (κ3) is 6.07. The number of nitrogens with zero attached hydrogens (tertiary/aromatic N) is 4. The van der Waals surface area contributed by atoms with Gasteiger partial charge in [0, 0.05) is 5.70 Å². The molecule has 1 aromatic heterocycles. The highest BCUT2D eigenvalue weighted by Crippen LogP contribution is 2.39. The molecule has 2 heterocycles. The van der Waals surface area contributed by atoms with E-state index in [9.17, 15) is 4.79 Å². The minimum atomic E-state index is -0.585. The second kappa shape index (κ2) is 12.9. The van der Waals surface area contributed by atoms with Gasteiger partial charge in [0.2, 0.25) is 5.95 Å². The van der Waals surface area contributed by atoms with Crippen LogP contribution in [0.2, 0.25) is 0 Å². The molecule has 10 heteroatoms. The van der Waals surface area contributed by atoms with Crippen molar-refractivity contribution in [3.63, 3.8) is 0 Å². The molecule has 0 spiro atoms. The minimum Gasteiger partial charge on any atom is -0.492 e. The fourth-order valence-corrected chi connectivity index (χ4v) is 4.45. The summed E-state index contributed by atoms with van der Waals surface area (Å²) in [5.74, 6) is 2.06. The SMILES string of the molecule is CCCCCCOc1ccc(C2C(C(=O)Nc3ccccc3OCC)=C(C)Nc3nnnn32)cc1OCC. The highest BCUT2D eigenvalue weighted by molar-refractivity contribution is 6.06. The lowest BCUT2D eigenvalue weighted by atomic mass is 9.94. The first-order chi connectivity index (χ1) is 18.6. The van der Waals surface area contributed by atoms with Crippen molar-refractivity contribution in [3.05, 3.63) is 59.3 Å². The molecule has 10 nitrogen and oxygen atoms in total. The third-order valence-electron chi connectivity index (χ3n) is 6.23. The lowest BCUT2D eigenvalue weighted by molar-refractivity contribution is -0.113. The van der Waals surface area contributed by atoms with Crippen LogP contribution in [0.4, 0.5) is 11.6 Å². The number of tetrazole rings is 1. The van der Waals surface area contributed by atoms with Gasteiger partial charge < -0.3 is 24.8 Å². The number of unbranched alkanes of at least 4 members (excludes halogenated alkanes) is 3. The van der Waals surface area contributed by atoms with E-state index in [2.05, 4.69) is 33.1 Å². The van der Waals surface area contributed by atoms with Gasteiger partial charge in [-0.1, -0.05) is 49.5 Å². The number of para-hydroxylation sites is 2. The summed E-state index contributed by atoms with van der Waals surface area (Å²) >= 11 is 0. The van der Waals surface area contributed by atoms with E-state index in [1.165, 1.54) is 12.8 Å². The number of anilines is 2. The zero-order valence-corrected chi connectivity index (χ0v) is 22.5. The fourth-order valence-electron chi connectivity index (χ4n) is 4.45. The Hall–Kier alpha value is -4.08. The summed E-state index contributed by atoms with van der Waals surface area (Å²) in [4.78, 5) is 13.8. The van der Waals surface area contributed by atoms with Crippen molar-refractivity contribution < 1.29 is 19.0 Å². The van der Waals surface area contributed by atoms with E-state index in [1.807, 2.05) is 63.2 Å². The Morgan fingerprint density at radius 2 is 1.76 bits per heavy atom. The molecule has 0 aliphatic carbocycles. The Kier molecular flexibility index (Phi) is 9.18. The number of amides is 1. The summed E-state index contributed by atoms with van der Waals surface area (Å²) in [7, 11) is 0. The molecule has 1 amide bonds. The molecule has 0 radical (unpaired) electrons. The van der Waals surface area contributed by atoms with Gasteiger partial charge in [0.15, 0.2) is 11.5 Å². The maximum Gasteiger partial charge on any atom is 0.255 e. The van der Waals surface area contributed by atoms with Crippen molar-refractivity contribution in [2.75, 3.05) is 30.5 Å². The van der Waals surface area contributed by atoms with Crippen molar-refractivity contribution >= 4 is 17.5 Å². The van der Waals surface area contributed by atoms with Crippen LogP contribution in [0.15, 0.2) is 53.7 Å². The Morgan fingerprint density at radius 3 is 2.55 bits per heavy atom. The lowest BCUT2D eigenvalue weighted by Gasteiger charge is -2.28. The van der Waals surface area contributed by atoms with E-state index in [0.717, 1.165) is 18.4 Å². The van der Waals surface area contributed by atoms with E-state index in [4.69, 9.17) is 14.2 Å². The van der Waals surface area contributed by atoms with Crippen molar-refractivity contribution in [3.8, 4) is 17.2 Å². The van der Waals surface area contributed by atoms with Gasteiger partial charge in [0.1, 0.15) is 11.8 Å². The highest BCUT2D eigenvalue weighted by Gasteiger charge is 2.35. The summed E-state index contributed by atoms with van der Waals surface area (Å²) < 4.78 is 19.3. The van der Waals surface area contributed by atoms with Gasteiger partial charge in [0.25, 0.3) is 5.91 Å². The summed E-state index contributed by atoms with van der Waals surface area (Å²) in [6.45, 7) is 9.45. The molecule has 2 aromatic carbocycles. The van der Waals surface area contributed by atoms with Gasteiger partial charge in [-0.05, 0) is 67.4 Å². The Balaban J connectivity index is 1.66. The number of benzene rings is 2. The van der Waals surface area contributed by atoms with E-state index in [0.29, 0.717) is 60.0 Å². The zero-order valence-electron chi connectivity index (χ0n) is 22.5. The molecule has 3 aromatic rings. The van der Waals surface area contributed by atoms with Crippen molar-refractivity contribution in [2.24, 2.45) is 0 Å². The van der Waals surface area contributed by atoms with Gasteiger partial charge in [-0.2, -0.15) is 4.68 Å². The number of carbonyl (C=O) groups excluding carboxylic acids is 1. The first-order valence-corrected chi connectivity index (χ1v) is 13.3. The fraction of sp³-hybridized carbons (Fsp3) is 0.429. The number of rotatable bonds is 13. The van der Waals surface area contributed by atoms with Crippen LogP contribution < -0.4 is 24.8 Å². The normalized spacial score (nSPS) is 14.5. The van der Waals surface area contributed by atoms with Gasteiger partial charge in [-0.15, -0.1) is 0 Å². The molecule has 2 N–H and O–H groups in total. The molecule has 0 saturated carbocycles. The second-order valence-electron chi connectivity index (χ2n) is 8.94. The predicted octanol–water partition coefficient (Wildman–Crippen LogP) is 5.36. The number of hydrogen-bond acceptors (Lipinski definition) is 8. The highest BCUT2D eigenvalue weighted by atomic mass is 16.5. The van der Waals surface area contributed by atoms with Crippen LogP contribution in [0.5, 0.6) is 17.2 Å². The van der Waals surface area contributed by atoms with Gasteiger partial charge in [-0.3, -0.25) is 4.79 Å². The second-order valence-corrected chi connectivity index (χ2v) is 8.94. The largest absolute Gasteiger partial charge is 0.492 e. The molecule has 38 heavy (non-hydrogen) atoms. The number of carbonyl (C=O) groups is 1. The summed E-state index contributed by atoms with van der Waals surface area (Å²) in [5.41, 5.74) is 2.51. The van der Waals surface area contributed by atoms with Crippen LogP contribution in [-0.2, 0) is 4.79 Å². The number of allylic oxidation sites excluding steroid dienone is 1. The maximum atomic E-state index is 13.8. The third-order valence-corrected chi connectivity index (χ3v) is 6.23. The van der Waals surface area contributed by atoms with Crippen LogP contribution >= 0.6 is 0 Å². The molecule has 0 bridgehead atoms. The number of fused-ring (bicyclic) bond motifs is 1. The molecule has 1 atom stereocenters. The predicted molar refractivity (Wildman–Crippen MR) is 146 cm³/mol. The van der Waals surface area contributed by atoms with Gasteiger partial charge >= 0.3 is 0 Å². The number of aromatic nitrogens is 4. The average molecular weight is 521 g/mol. The smallest absolute Gasteiger partial charge is 0.255 e. The molecular formula is C28H36N6O4. The molecule has 0 fully saturated rings. The summed E-state index contributed by atoms with van der Waals surface area (Å²) in [6.07, 6.45) is 4.48. The minimum absolute atomic E-state index is 0.289. The van der Waals surface area contributed by atoms with Gasteiger partial charge in [0.05, 0.1) is 31.1 Å². The van der Waals surface area contributed by atoms with E-state index < -0.39 is 6.04 Å². The first kappa shape index (κ1) is 27.0. The summed E-state index contributed by atoms with van der Waals surface area (Å²) in [6, 6.07) is 12.5. The first-order valence-electron chi connectivity index (χ1n) is 13.3. The van der Waals surface area contributed by atoms with Crippen molar-refractivity contribution in [1.82, 2.24) is 20.2 Å². The Morgan fingerprint density at radius 1 is 0.974 bits per heavy atom. The van der Waals surface area contributed by atoms with Crippen LogP contribution in [0, 0.1) is 0 Å². The monoisotopic (exact) mass is 520 g/mol. The van der Waals surface area contributed by atoms with Crippen LogP contribution in [0.3, 0.4) is 0 Å². The number of nitrogens with one attached hydrogen (secondary N) is 2. The van der Waals surface area contributed by atoms with E-state index in [-0.39, 0.29) is 5.91 Å². The zero-order chi connectivity index (χ0) is 26.9. The van der Waals surface area contributed by atoms with E-state index >= 15 is 0 Å². The Labute approximate surface area is 223 Å². The molecule has 1 aliphatic rings. The number of ether oxygens (including phenoxy) is 3. The standard InChI is InChI=1S/C28H36N6O4/c1-5-8-9-12-17-38-23-16-15-20(18-24(23)37-7-3)26-25(19(4)29-28-31-32-33-34(26)28)27(35)30-21-13-10-11-14-22(21)36-6-2/h10-11,13-16,18,26H,5-9,12,17H2,1-4H3,(H,30,35)(H,29,31,33). The van der Waals surface area contributed by atoms with Crippen molar-refractivity contribution in [1.29, 1.82) is 0 Å². The van der Waals surface area contributed by atoms with Gasteiger partial charge in [-0.25, -0.2) is 0 Å². The summed E-state index contributed by atoms with van der Waals surface area (Å²) in [5, 5.41) is 18.3. The molecule has 4 rings (SSSR count). The Bertz CT molecular complexity index is 1270. The van der Waals surface area contributed by atoms with Crippen LogP contribution in [0.1, 0.15) is 65.0 Å². The van der Waals surface area contributed by atoms with E-state index in [1.54, 1.807) is 4.68 Å². The maximum absolute atomic E-state index is 13.8.